The molecule has 1 aromatic carbocycles. The molecule has 90 valence electrons. The van der Waals surface area contributed by atoms with Crippen molar-refractivity contribution in [2.45, 2.75) is 59.3 Å². The molecule has 1 aromatic rings. The Morgan fingerprint density at radius 3 is 1.75 bits per heavy atom. The predicted octanol–water partition coefficient (Wildman–Crippen LogP) is 5.35. The molecule has 1 unspecified atom stereocenters. The Morgan fingerprint density at radius 1 is 0.875 bits per heavy atom. The van der Waals surface area contributed by atoms with Crippen LogP contribution in [0, 0.1) is 5.92 Å². The minimum Gasteiger partial charge on any atom is -0.0648 e. The standard InChI is InChI=1S/C16H26/c1-6-14(11-12(2)3)16-9-7-15(8-10-16)13(4)5/h7-10,12-14H,6,11H2,1-5H3. The SMILES string of the molecule is CCC(CC(C)C)c1ccc(C(C)C)cc1. The van der Waals surface area contributed by atoms with Gasteiger partial charge >= 0.3 is 0 Å². The molecule has 0 amide bonds. The molecule has 16 heavy (non-hydrogen) atoms. The third-order valence-corrected chi connectivity index (χ3v) is 3.32. The van der Waals surface area contributed by atoms with Gasteiger partial charge in [-0.15, -0.1) is 0 Å². The molecule has 0 aliphatic rings. The van der Waals surface area contributed by atoms with E-state index in [1.54, 1.807) is 0 Å². The lowest BCUT2D eigenvalue weighted by Crippen LogP contribution is -2.02. The van der Waals surface area contributed by atoms with Crippen LogP contribution in [0.3, 0.4) is 0 Å². The summed E-state index contributed by atoms with van der Waals surface area (Å²) >= 11 is 0. The second kappa shape index (κ2) is 6.08. The zero-order valence-corrected chi connectivity index (χ0v) is 11.5. The van der Waals surface area contributed by atoms with E-state index in [-0.39, 0.29) is 0 Å². The Hall–Kier alpha value is -0.780. The summed E-state index contributed by atoms with van der Waals surface area (Å²) in [6.07, 6.45) is 2.55. The van der Waals surface area contributed by atoms with Gasteiger partial charge in [0.15, 0.2) is 0 Å². The van der Waals surface area contributed by atoms with Gasteiger partial charge in [-0.1, -0.05) is 58.9 Å². The smallest absolute Gasteiger partial charge is 0.0162 e. The molecule has 0 saturated heterocycles. The first kappa shape index (κ1) is 13.3. The Balaban J connectivity index is 2.78. The molecule has 0 aliphatic carbocycles. The van der Waals surface area contributed by atoms with Crippen LogP contribution in [-0.4, -0.2) is 0 Å². The van der Waals surface area contributed by atoms with Gasteiger partial charge in [-0.05, 0) is 41.7 Å². The van der Waals surface area contributed by atoms with Crippen LogP contribution >= 0.6 is 0 Å². The van der Waals surface area contributed by atoms with Crippen LogP contribution in [0.25, 0.3) is 0 Å². The summed E-state index contributed by atoms with van der Waals surface area (Å²) in [5.74, 6) is 2.16. The summed E-state index contributed by atoms with van der Waals surface area (Å²) in [6.45, 7) is 11.4. The summed E-state index contributed by atoms with van der Waals surface area (Å²) in [5.41, 5.74) is 2.96. The van der Waals surface area contributed by atoms with Crippen molar-refractivity contribution in [1.29, 1.82) is 0 Å². The minimum atomic E-state index is 0.638. The highest BCUT2D eigenvalue weighted by atomic mass is 14.2. The van der Waals surface area contributed by atoms with Crippen molar-refractivity contribution >= 4 is 0 Å². The van der Waals surface area contributed by atoms with E-state index < -0.39 is 0 Å². The monoisotopic (exact) mass is 218 g/mol. The van der Waals surface area contributed by atoms with Crippen molar-refractivity contribution in [1.82, 2.24) is 0 Å². The Labute approximate surface area is 101 Å². The molecule has 0 fully saturated rings. The van der Waals surface area contributed by atoms with Crippen LogP contribution < -0.4 is 0 Å². The van der Waals surface area contributed by atoms with Gasteiger partial charge in [-0.2, -0.15) is 0 Å². The zero-order chi connectivity index (χ0) is 12.1. The maximum atomic E-state index is 2.33. The molecule has 0 bridgehead atoms. The van der Waals surface area contributed by atoms with Gasteiger partial charge in [0, 0.05) is 0 Å². The Morgan fingerprint density at radius 2 is 1.38 bits per heavy atom. The molecule has 0 heteroatoms. The average molecular weight is 218 g/mol. The molecular formula is C16H26. The summed E-state index contributed by atoms with van der Waals surface area (Å²) in [7, 11) is 0. The van der Waals surface area contributed by atoms with Crippen LogP contribution in [-0.2, 0) is 0 Å². The van der Waals surface area contributed by atoms with Crippen molar-refractivity contribution in [3.63, 3.8) is 0 Å². The molecule has 1 atom stereocenters. The van der Waals surface area contributed by atoms with Gasteiger partial charge < -0.3 is 0 Å². The van der Waals surface area contributed by atoms with Crippen LogP contribution in [0.1, 0.15) is 70.4 Å². The fraction of sp³-hybridized carbons (Fsp3) is 0.625. The number of rotatable bonds is 5. The molecule has 0 spiro atoms. The van der Waals surface area contributed by atoms with E-state index in [9.17, 15) is 0 Å². The second-order valence-corrected chi connectivity index (χ2v) is 5.56. The van der Waals surface area contributed by atoms with Crippen LogP contribution in [0.4, 0.5) is 0 Å². The largest absolute Gasteiger partial charge is 0.0648 e. The quantitative estimate of drug-likeness (QED) is 0.625. The van der Waals surface area contributed by atoms with Crippen LogP contribution in [0.5, 0.6) is 0 Å². The highest BCUT2D eigenvalue weighted by Gasteiger charge is 2.11. The third kappa shape index (κ3) is 3.66. The summed E-state index contributed by atoms with van der Waals surface area (Å²) in [6, 6.07) is 9.24. The van der Waals surface area contributed by atoms with E-state index >= 15 is 0 Å². The average Bonchev–Trinajstić information content (AvgIpc) is 2.25. The van der Waals surface area contributed by atoms with Crippen molar-refractivity contribution in [2.75, 3.05) is 0 Å². The highest BCUT2D eigenvalue weighted by molar-refractivity contribution is 5.27. The van der Waals surface area contributed by atoms with Crippen LogP contribution in [0.2, 0.25) is 0 Å². The lowest BCUT2D eigenvalue weighted by molar-refractivity contribution is 0.489. The predicted molar refractivity (Wildman–Crippen MR) is 73.0 cm³/mol. The van der Waals surface area contributed by atoms with Crippen molar-refractivity contribution in [2.24, 2.45) is 5.92 Å². The fourth-order valence-corrected chi connectivity index (χ4v) is 2.26. The van der Waals surface area contributed by atoms with Gasteiger partial charge in [0.05, 0.1) is 0 Å². The molecule has 1 rings (SSSR count). The van der Waals surface area contributed by atoms with Gasteiger partial charge in [0.25, 0.3) is 0 Å². The van der Waals surface area contributed by atoms with Crippen molar-refractivity contribution in [3.8, 4) is 0 Å². The van der Waals surface area contributed by atoms with Crippen molar-refractivity contribution < 1.29 is 0 Å². The van der Waals surface area contributed by atoms with E-state index in [2.05, 4.69) is 58.9 Å². The second-order valence-electron chi connectivity index (χ2n) is 5.56. The molecule has 0 heterocycles. The first-order valence-electron chi connectivity index (χ1n) is 6.64. The van der Waals surface area contributed by atoms with Gasteiger partial charge in [0.1, 0.15) is 0 Å². The van der Waals surface area contributed by atoms with E-state index in [1.807, 2.05) is 0 Å². The van der Waals surface area contributed by atoms with Crippen LogP contribution in [0.15, 0.2) is 24.3 Å². The molecule has 0 aliphatic heterocycles. The first-order valence-corrected chi connectivity index (χ1v) is 6.64. The minimum absolute atomic E-state index is 0.638. The van der Waals surface area contributed by atoms with E-state index in [1.165, 1.54) is 24.0 Å². The number of hydrogen-bond acceptors (Lipinski definition) is 0. The third-order valence-electron chi connectivity index (χ3n) is 3.32. The number of benzene rings is 1. The highest BCUT2D eigenvalue weighted by Crippen LogP contribution is 2.28. The maximum Gasteiger partial charge on any atom is -0.0162 e. The Kier molecular flexibility index (Phi) is 5.05. The van der Waals surface area contributed by atoms with Gasteiger partial charge in [0.2, 0.25) is 0 Å². The fourth-order valence-electron chi connectivity index (χ4n) is 2.26. The Bertz CT molecular complexity index is 292. The molecule has 0 nitrogen and oxygen atoms in total. The summed E-state index contributed by atoms with van der Waals surface area (Å²) < 4.78 is 0. The molecular weight excluding hydrogens is 192 g/mol. The van der Waals surface area contributed by atoms with Gasteiger partial charge in [-0.25, -0.2) is 0 Å². The lowest BCUT2D eigenvalue weighted by Gasteiger charge is -2.18. The van der Waals surface area contributed by atoms with E-state index in [4.69, 9.17) is 0 Å². The zero-order valence-electron chi connectivity index (χ0n) is 11.5. The number of hydrogen-bond donors (Lipinski definition) is 0. The van der Waals surface area contributed by atoms with Gasteiger partial charge in [-0.3, -0.25) is 0 Å². The lowest BCUT2D eigenvalue weighted by atomic mass is 9.87. The molecule has 0 saturated carbocycles. The topological polar surface area (TPSA) is 0 Å². The summed E-state index contributed by atoms with van der Waals surface area (Å²) in [5, 5.41) is 0. The summed E-state index contributed by atoms with van der Waals surface area (Å²) in [4.78, 5) is 0. The normalized spacial score (nSPS) is 13.4. The molecule has 0 aromatic heterocycles. The molecule has 0 radical (unpaired) electrons. The maximum absolute atomic E-state index is 2.33. The van der Waals surface area contributed by atoms with E-state index in [0.717, 1.165) is 11.8 Å². The molecule has 0 N–H and O–H groups in total. The van der Waals surface area contributed by atoms with Crippen molar-refractivity contribution in [3.05, 3.63) is 35.4 Å². The van der Waals surface area contributed by atoms with E-state index in [0.29, 0.717) is 5.92 Å². The first-order chi connectivity index (χ1) is 7.54.